The molecular formula is C31H43N3O8. The molecule has 0 aliphatic heterocycles. The number of nitrogens with one attached hydrogen (secondary N) is 2. The standard InChI is InChI=1S/C31H43N3O8/c1-7-20(3)34(27(23-11-9-10-12-25(23)36)28(38)32-18-17-26(37)41-8-2)29(39)24(33-30(40)42-31(4,5)6)19-21-13-15-22(35)16-14-21/h9-16,20,24,27,35-36H,7-8,17-19H2,1-6H3,(H,32,38)(H,33,40). The van der Waals surface area contributed by atoms with Gasteiger partial charge >= 0.3 is 12.1 Å². The number of phenols is 2. The van der Waals surface area contributed by atoms with Crippen LogP contribution in [-0.2, 0) is 30.3 Å². The molecule has 230 valence electrons. The number of hydrogen-bond acceptors (Lipinski definition) is 8. The topological polar surface area (TPSA) is 154 Å². The predicted molar refractivity (Wildman–Crippen MR) is 157 cm³/mol. The van der Waals surface area contributed by atoms with Gasteiger partial charge in [-0.1, -0.05) is 37.3 Å². The molecule has 0 fully saturated rings. The molecule has 0 aliphatic rings. The Balaban J connectivity index is 2.54. The summed E-state index contributed by atoms with van der Waals surface area (Å²) in [5.74, 6) is -1.84. The summed E-state index contributed by atoms with van der Waals surface area (Å²) in [6, 6.07) is 9.42. The number of rotatable bonds is 13. The fraction of sp³-hybridized carbons (Fsp3) is 0.484. The van der Waals surface area contributed by atoms with Gasteiger partial charge in [-0.25, -0.2) is 4.79 Å². The molecule has 0 spiro atoms. The lowest BCUT2D eigenvalue weighted by Gasteiger charge is -2.38. The third-order valence-electron chi connectivity index (χ3n) is 6.38. The number of nitrogens with zero attached hydrogens (tertiary/aromatic N) is 1. The molecule has 2 rings (SSSR count). The van der Waals surface area contributed by atoms with Gasteiger partial charge in [0.2, 0.25) is 11.8 Å². The largest absolute Gasteiger partial charge is 0.508 e. The van der Waals surface area contributed by atoms with Gasteiger partial charge in [0.1, 0.15) is 29.2 Å². The SMILES string of the molecule is CCOC(=O)CCNC(=O)C(c1ccccc1O)N(C(=O)C(Cc1ccc(O)cc1)NC(=O)OC(C)(C)C)C(C)CC. The van der Waals surface area contributed by atoms with Crippen molar-refractivity contribution in [3.8, 4) is 11.5 Å². The minimum Gasteiger partial charge on any atom is -0.508 e. The summed E-state index contributed by atoms with van der Waals surface area (Å²) in [6.45, 7) is 10.6. The molecule has 3 amide bonds. The van der Waals surface area contributed by atoms with Gasteiger partial charge < -0.3 is 35.2 Å². The third-order valence-corrected chi connectivity index (χ3v) is 6.38. The number of phenolic OH excluding ortho intramolecular Hbond substituents is 2. The smallest absolute Gasteiger partial charge is 0.408 e. The highest BCUT2D eigenvalue weighted by molar-refractivity contribution is 5.93. The molecule has 0 aliphatic carbocycles. The van der Waals surface area contributed by atoms with Crippen molar-refractivity contribution >= 4 is 23.9 Å². The van der Waals surface area contributed by atoms with E-state index < -0.39 is 47.6 Å². The molecule has 11 heteroatoms. The van der Waals surface area contributed by atoms with Crippen molar-refractivity contribution in [2.75, 3.05) is 13.2 Å². The van der Waals surface area contributed by atoms with Crippen LogP contribution in [0.2, 0.25) is 0 Å². The van der Waals surface area contributed by atoms with Gasteiger partial charge in [-0.05, 0) is 64.8 Å². The predicted octanol–water partition coefficient (Wildman–Crippen LogP) is 3.97. The Morgan fingerprint density at radius 2 is 1.62 bits per heavy atom. The van der Waals surface area contributed by atoms with Crippen LogP contribution in [0.25, 0.3) is 0 Å². The zero-order chi connectivity index (χ0) is 31.4. The van der Waals surface area contributed by atoms with Gasteiger partial charge in [0.25, 0.3) is 0 Å². The molecule has 3 atom stereocenters. The Morgan fingerprint density at radius 3 is 2.19 bits per heavy atom. The van der Waals surface area contributed by atoms with Crippen molar-refractivity contribution in [1.82, 2.24) is 15.5 Å². The van der Waals surface area contributed by atoms with Crippen molar-refractivity contribution in [2.24, 2.45) is 0 Å². The number of carbonyl (C=O) groups is 4. The number of amides is 3. The van der Waals surface area contributed by atoms with Crippen LogP contribution in [0.5, 0.6) is 11.5 Å². The lowest BCUT2D eigenvalue weighted by atomic mass is 9.97. The quantitative estimate of drug-likeness (QED) is 0.258. The molecule has 2 aromatic carbocycles. The molecular weight excluding hydrogens is 542 g/mol. The highest BCUT2D eigenvalue weighted by atomic mass is 16.6. The maximum Gasteiger partial charge on any atom is 0.408 e. The molecule has 0 aromatic heterocycles. The number of benzene rings is 2. The van der Waals surface area contributed by atoms with Crippen molar-refractivity contribution in [3.63, 3.8) is 0 Å². The summed E-state index contributed by atoms with van der Waals surface area (Å²) in [5, 5.41) is 25.8. The van der Waals surface area contributed by atoms with Crippen LogP contribution < -0.4 is 10.6 Å². The van der Waals surface area contributed by atoms with Crippen LogP contribution in [0, 0.1) is 0 Å². The van der Waals surface area contributed by atoms with E-state index in [0.717, 1.165) is 0 Å². The highest BCUT2D eigenvalue weighted by Gasteiger charge is 2.39. The fourth-order valence-corrected chi connectivity index (χ4v) is 4.25. The first-order valence-corrected chi connectivity index (χ1v) is 14.1. The van der Waals surface area contributed by atoms with Crippen molar-refractivity contribution in [3.05, 3.63) is 59.7 Å². The van der Waals surface area contributed by atoms with E-state index in [2.05, 4.69) is 10.6 Å². The lowest BCUT2D eigenvalue weighted by molar-refractivity contribution is -0.146. The van der Waals surface area contributed by atoms with Crippen molar-refractivity contribution in [1.29, 1.82) is 0 Å². The van der Waals surface area contributed by atoms with Gasteiger partial charge in [-0.15, -0.1) is 0 Å². The molecule has 4 N–H and O–H groups in total. The van der Waals surface area contributed by atoms with Crippen LogP contribution in [-0.4, -0.2) is 69.8 Å². The van der Waals surface area contributed by atoms with Crippen LogP contribution >= 0.6 is 0 Å². The van der Waals surface area contributed by atoms with E-state index in [4.69, 9.17) is 9.47 Å². The number of carbonyl (C=O) groups excluding carboxylic acids is 4. The molecule has 0 radical (unpaired) electrons. The first-order valence-electron chi connectivity index (χ1n) is 14.1. The summed E-state index contributed by atoms with van der Waals surface area (Å²) in [7, 11) is 0. The number of aromatic hydroxyl groups is 2. The van der Waals surface area contributed by atoms with Crippen LogP contribution in [0.1, 0.15) is 71.6 Å². The molecule has 42 heavy (non-hydrogen) atoms. The first-order chi connectivity index (χ1) is 19.8. The van der Waals surface area contributed by atoms with Gasteiger partial charge in [0.05, 0.1) is 13.0 Å². The fourth-order valence-electron chi connectivity index (χ4n) is 4.25. The minimum absolute atomic E-state index is 0.0310. The monoisotopic (exact) mass is 585 g/mol. The van der Waals surface area contributed by atoms with E-state index in [-0.39, 0.29) is 43.1 Å². The van der Waals surface area contributed by atoms with Crippen molar-refractivity contribution in [2.45, 2.75) is 84.5 Å². The van der Waals surface area contributed by atoms with E-state index in [1.165, 1.54) is 23.1 Å². The van der Waals surface area contributed by atoms with Crippen molar-refractivity contribution < 1.29 is 38.9 Å². The number of hydrogen-bond donors (Lipinski definition) is 4. The summed E-state index contributed by atoms with van der Waals surface area (Å²) in [6.07, 6.45) is -0.413. The second-order valence-electron chi connectivity index (χ2n) is 10.9. The minimum atomic E-state index is -1.29. The van der Waals surface area contributed by atoms with E-state index in [0.29, 0.717) is 12.0 Å². The first kappa shape index (κ1) is 33.9. The maximum absolute atomic E-state index is 14.4. The van der Waals surface area contributed by atoms with Crippen LogP contribution in [0.15, 0.2) is 48.5 Å². The second-order valence-corrected chi connectivity index (χ2v) is 10.9. The Hall–Kier alpha value is -4.28. The Labute approximate surface area is 247 Å². The van der Waals surface area contributed by atoms with Crippen LogP contribution in [0.4, 0.5) is 4.79 Å². The van der Waals surface area contributed by atoms with E-state index in [9.17, 15) is 29.4 Å². The summed E-state index contributed by atoms with van der Waals surface area (Å²) >= 11 is 0. The number of alkyl carbamates (subject to hydrolysis) is 1. The molecule has 0 saturated carbocycles. The molecule has 3 unspecified atom stereocenters. The second kappa shape index (κ2) is 15.6. The number of ether oxygens (including phenoxy) is 2. The Kier molecular flexibility index (Phi) is 12.6. The zero-order valence-corrected chi connectivity index (χ0v) is 25.2. The van der Waals surface area contributed by atoms with E-state index in [1.807, 2.05) is 6.92 Å². The summed E-state index contributed by atoms with van der Waals surface area (Å²) in [4.78, 5) is 54.2. The van der Waals surface area contributed by atoms with Gasteiger partial charge in [-0.3, -0.25) is 14.4 Å². The maximum atomic E-state index is 14.4. The Morgan fingerprint density at radius 1 is 0.976 bits per heavy atom. The number of para-hydroxylation sites is 1. The molecule has 0 saturated heterocycles. The molecule has 2 aromatic rings. The van der Waals surface area contributed by atoms with Gasteiger partial charge in [-0.2, -0.15) is 0 Å². The average molecular weight is 586 g/mol. The average Bonchev–Trinajstić information content (AvgIpc) is 2.91. The highest BCUT2D eigenvalue weighted by Crippen LogP contribution is 2.32. The molecule has 0 heterocycles. The molecule has 11 nitrogen and oxygen atoms in total. The Bertz CT molecular complexity index is 1210. The van der Waals surface area contributed by atoms with Gasteiger partial charge in [0.15, 0.2) is 0 Å². The molecule has 0 bridgehead atoms. The zero-order valence-electron chi connectivity index (χ0n) is 25.2. The summed E-state index contributed by atoms with van der Waals surface area (Å²) < 4.78 is 10.4. The van der Waals surface area contributed by atoms with Gasteiger partial charge in [0, 0.05) is 24.6 Å². The lowest BCUT2D eigenvalue weighted by Crippen LogP contribution is -2.56. The van der Waals surface area contributed by atoms with E-state index in [1.54, 1.807) is 65.0 Å². The summed E-state index contributed by atoms with van der Waals surface area (Å²) in [5.41, 5.74) is -0.00574. The normalized spacial score (nSPS) is 13.3. The third kappa shape index (κ3) is 10.3. The van der Waals surface area contributed by atoms with Crippen LogP contribution in [0.3, 0.4) is 0 Å². The van der Waals surface area contributed by atoms with E-state index >= 15 is 0 Å². The number of esters is 1.